The van der Waals surface area contributed by atoms with Gasteiger partial charge in [0.15, 0.2) is 0 Å². The molecule has 0 radical (unpaired) electrons. The van der Waals surface area contributed by atoms with Gasteiger partial charge >= 0.3 is 0 Å². The lowest BCUT2D eigenvalue weighted by Crippen LogP contribution is -2.41. The molecule has 1 heterocycles. The highest BCUT2D eigenvalue weighted by atomic mass is 35.5. The normalized spacial score (nSPS) is 10.2. The SMILES string of the molecule is CCc1ccc(C(=O)NNC(=O)c2cc(Cl)c(Cl)[nH]2)cc1. The largest absolute Gasteiger partial charge is 0.340 e. The Morgan fingerprint density at radius 3 is 2.24 bits per heavy atom. The zero-order valence-electron chi connectivity index (χ0n) is 11.2. The third kappa shape index (κ3) is 3.77. The van der Waals surface area contributed by atoms with E-state index in [0.717, 1.165) is 12.0 Å². The maximum Gasteiger partial charge on any atom is 0.286 e. The van der Waals surface area contributed by atoms with E-state index in [1.165, 1.54) is 6.07 Å². The lowest BCUT2D eigenvalue weighted by Gasteiger charge is -2.06. The van der Waals surface area contributed by atoms with Gasteiger partial charge in [-0.1, -0.05) is 42.3 Å². The highest BCUT2D eigenvalue weighted by Gasteiger charge is 2.13. The molecule has 0 unspecified atom stereocenters. The summed E-state index contributed by atoms with van der Waals surface area (Å²) < 4.78 is 0. The van der Waals surface area contributed by atoms with Crippen molar-refractivity contribution >= 4 is 35.0 Å². The molecule has 1 aromatic carbocycles. The molecule has 5 nitrogen and oxygen atoms in total. The summed E-state index contributed by atoms with van der Waals surface area (Å²) in [4.78, 5) is 26.2. The average Bonchev–Trinajstić information content (AvgIpc) is 2.84. The third-order valence-electron chi connectivity index (χ3n) is 2.88. The molecule has 0 saturated carbocycles. The molecule has 0 bridgehead atoms. The fourth-order valence-electron chi connectivity index (χ4n) is 1.67. The first-order valence-electron chi connectivity index (χ1n) is 6.25. The molecule has 2 rings (SSSR count). The number of benzene rings is 1. The number of H-pyrrole nitrogens is 1. The van der Waals surface area contributed by atoms with Crippen molar-refractivity contribution in [2.24, 2.45) is 0 Å². The van der Waals surface area contributed by atoms with E-state index in [4.69, 9.17) is 23.2 Å². The summed E-state index contributed by atoms with van der Waals surface area (Å²) in [7, 11) is 0. The van der Waals surface area contributed by atoms with Crippen LogP contribution in [0.5, 0.6) is 0 Å². The summed E-state index contributed by atoms with van der Waals surface area (Å²) in [6.45, 7) is 2.03. The van der Waals surface area contributed by atoms with E-state index in [-0.39, 0.29) is 15.9 Å². The number of halogens is 2. The van der Waals surface area contributed by atoms with E-state index in [1.54, 1.807) is 12.1 Å². The number of amides is 2. The van der Waals surface area contributed by atoms with Crippen LogP contribution >= 0.6 is 23.2 Å². The number of nitrogens with one attached hydrogen (secondary N) is 3. The van der Waals surface area contributed by atoms with Crippen LogP contribution in [0.4, 0.5) is 0 Å². The molecule has 0 aliphatic rings. The van der Waals surface area contributed by atoms with E-state index in [2.05, 4.69) is 15.8 Å². The summed E-state index contributed by atoms with van der Waals surface area (Å²) in [5, 5.41) is 0.409. The molecule has 0 spiro atoms. The number of hydrazine groups is 1. The zero-order valence-corrected chi connectivity index (χ0v) is 12.7. The molecule has 0 atom stereocenters. The van der Waals surface area contributed by atoms with Crippen molar-refractivity contribution in [2.75, 3.05) is 0 Å². The van der Waals surface area contributed by atoms with Gasteiger partial charge in [0.1, 0.15) is 10.8 Å². The third-order valence-corrected chi connectivity index (χ3v) is 3.58. The highest BCUT2D eigenvalue weighted by molar-refractivity contribution is 6.41. The van der Waals surface area contributed by atoms with E-state index in [1.807, 2.05) is 19.1 Å². The summed E-state index contributed by atoms with van der Waals surface area (Å²) in [5.41, 5.74) is 6.34. The van der Waals surface area contributed by atoms with Crippen LogP contribution in [0.2, 0.25) is 10.2 Å². The van der Waals surface area contributed by atoms with E-state index >= 15 is 0 Å². The average molecular weight is 326 g/mol. The maximum atomic E-state index is 11.9. The van der Waals surface area contributed by atoms with E-state index < -0.39 is 11.8 Å². The number of hydrogen-bond acceptors (Lipinski definition) is 2. The molecule has 21 heavy (non-hydrogen) atoms. The van der Waals surface area contributed by atoms with Gasteiger partial charge in [-0.3, -0.25) is 20.4 Å². The van der Waals surface area contributed by atoms with Crippen molar-refractivity contribution in [1.29, 1.82) is 0 Å². The number of aryl methyl sites for hydroxylation is 1. The number of aromatic amines is 1. The van der Waals surface area contributed by atoms with Gasteiger partial charge in [0.25, 0.3) is 11.8 Å². The molecule has 0 fully saturated rings. The standard InChI is InChI=1S/C14H13Cl2N3O2/c1-2-8-3-5-9(6-4-8)13(20)18-19-14(21)11-7-10(15)12(16)17-11/h3-7,17H,2H2,1H3,(H,18,20)(H,19,21). The Labute approximate surface area is 131 Å². The predicted octanol–water partition coefficient (Wildman–Crippen LogP) is 2.96. The Bertz CT molecular complexity index is 646. The molecule has 2 amide bonds. The molecule has 3 N–H and O–H groups in total. The van der Waals surface area contributed by atoms with Gasteiger partial charge in [-0.2, -0.15) is 0 Å². The second kappa shape index (κ2) is 6.65. The van der Waals surface area contributed by atoms with Crippen LogP contribution in [0.15, 0.2) is 30.3 Å². The molecule has 0 aliphatic heterocycles. The Hall–Kier alpha value is -1.98. The van der Waals surface area contributed by atoms with Gasteiger partial charge in [0, 0.05) is 5.56 Å². The van der Waals surface area contributed by atoms with Crippen LogP contribution in [0.1, 0.15) is 33.3 Å². The van der Waals surface area contributed by atoms with Gasteiger partial charge in [-0.25, -0.2) is 0 Å². The van der Waals surface area contributed by atoms with Crippen LogP contribution in [0.3, 0.4) is 0 Å². The quantitative estimate of drug-likeness (QED) is 0.759. The molecule has 110 valence electrons. The van der Waals surface area contributed by atoms with Gasteiger partial charge in [0.05, 0.1) is 5.02 Å². The zero-order chi connectivity index (χ0) is 15.4. The lowest BCUT2D eigenvalue weighted by molar-refractivity contribution is 0.0844. The number of rotatable bonds is 3. The molecule has 1 aromatic heterocycles. The summed E-state index contributed by atoms with van der Waals surface area (Å²) in [6.07, 6.45) is 0.896. The van der Waals surface area contributed by atoms with Crippen molar-refractivity contribution in [2.45, 2.75) is 13.3 Å². The second-order valence-electron chi connectivity index (χ2n) is 4.30. The Morgan fingerprint density at radius 2 is 1.71 bits per heavy atom. The molecule has 0 aliphatic carbocycles. The van der Waals surface area contributed by atoms with Crippen molar-refractivity contribution in [3.8, 4) is 0 Å². The topological polar surface area (TPSA) is 74.0 Å². The van der Waals surface area contributed by atoms with Crippen molar-refractivity contribution in [1.82, 2.24) is 15.8 Å². The molecule has 0 saturated heterocycles. The van der Waals surface area contributed by atoms with Crippen LogP contribution in [0, 0.1) is 0 Å². The van der Waals surface area contributed by atoms with E-state index in [9.17, 15) is 9.59 Å². The van der Waals surface area contributed by atoms with Crippen LogP contribution in [-0.2, 0) is 6.42 Å². The number of aromatic nitrogens is 1. The summed E-state index contributed by atoms with van der Waals surface area (Å²) in [5.74, 6) is -0.947. The monoisotopic (exact) mass is 325 g/mol. The van der Waals surface area contributed by atoms with Crippen molar-refractivity contribution in [3.05, 3.63) is 57.3 Å². The van der Waals surface area contributed by atoms with Crippen molar-refractivity contribution in [3.63, 3.8) is 0 Å². The van der Waals surface area contributed by atoms with E-state index in [0.29, 0.717) is 5.56 Å². The minimum absolute atomic E-state index is 0.159. The predicted molar refractivity (Wildman–Crippen MR) is 81.6 cm³/mol. The van der Waals surface area contributed by atoms with Gasteiger partial charge < -0.3 is 4.98 Å². The maximum absolute atomic E-state index is 11.9. The molecular weight excluding hydrogens is 313 g/mol. The molecular formula is C14H13Cl2N3O2. The fraction of sp³-hybridized carbons (Fsp3) is 0.143. The van der Waals surface area contributed by atoms with Crippen LogP contribution < -0.4 is 10.9 Å². The van der Waals surface area contributed by atoms with Gasteiger partial charge in [-0.05, 0) is 30.2 Å². The molecule has 7 heteroatoms. The first kappa shape index (κ1) is 15.4. The summed E-state index contributed by atoms with van der Waals surface area (Å²) in [6, 6.07) is 8.50. The second-order valence-corrected chi connectivity index (χ2v) is 5.09. The minimum Gasteiger partial charge on any atom is -0.340 e. The van der Waals surface area contributed by atoms with Gasteiger partial charge in [-0.15, -0.1) is 0 Å². The Balaban J connectivity index is 1.95. The first-order chi connectivity index (χ1) is 10.0. The highest BCUT2D eigenvalue weighted by Crippen LogP contribution is 2.21. The first-order valence-corrected chi connectivity index (χ1v) is 7.00. The van der Waals surface area contributed by atoms with Crippen LogP contribution in [-0.4, -0.2) is 16.8 Å². The number of hydrogen-bond donors (Lipinski definition) is 3. The lowest BCUT2D eigenvalue weighted by atomic mass is 10.1. The smallest absolute Gasteiger partial charge is 0.286 e. The van der Waals surface area contributed by atoms with Crippen LogP contribution in [0.25, 0.3) is 0 Å². The van der Waals surface area contributed by atoms with Crippen molar-refractivity contribution < 1.29 is 9.59 Å². The Kier molecular flexibility index (Phi) is 4.88. The summed E-state index contributed by atoms with van der Waals surface area (Å²) >= 11 is 11.4. The molecule has 2 aromatic rings. The number of carbonyl (C=O) groups is 2. The van der Waals surface area contributed by atoms with Gasteiger partial charge in [0.2, 0.25) is 0 Å². The minimum atomic E-state index is -0.540. The number of carbonyl (C=O) groups excluding carboxylic acids is 2. The Morgan fingerprint density at radius 1 is 1.10 bits per heavy atom. The fourth-order valence-corrected chi connectivity index (χ4v) is 1.98.